The van der Waals surface area contributed by atoms with Gasteiger partial charge in [0.2, 0.25) is 0 Å². The van der Waals surface area contributed by atoms with E-state index in [1.165, 1.54) is 0 Å². The van der Waals surface area contributed by atoms with Gasteiger partial charge in [-0.3, -0.25) is 4.79 Å². The first kappa shape index (κ1) is 19.7. The Morgan fingerprint density at radius 2 is 1.69 bits per heavy atom. The van der Waals surface area contributed by atoms with Gasteiger partial charge in [0.05, 0.1) is 5.56 Å². The van der Waals surface area contributed by atoms with Gasteiger partial charge in [-0.15, -0.1) is 0 Å². The summed E-state index contributed by atoms with van der Waals surface area (Å²) in [6.45, 7) is 7.40. The molecule has 1 heterocycles. The van der Waals surface area contributed by atoms with E-state index in [0.717, 1.165) is 36.9 Å². The highest BCUT2D eigenvalue weighted by Crippen LogP contribution is 2.52. The quantitative estimate of drug-likeness (QED) is 0.694. The molecule has 1 aliphatic carbocycles. The number of rotatable bonds is 4. The average Bonchev–Trinajstić information content (AvgIpc) is 2.95. The molecule has 2 aromatic rings. The SMILES string of the molecule is CC1(C)C[C@@H]2C[C@@](C)(CN2C(=O)COC(=O)c2ccccc2-c2ccccc2)C1. The molecule has 0 aromatic heterocycles. The van der Waals surface area contributed by atoms with Crippen LogP contribution in [0.3, 0.4) is 0 Å². The Bertz CT molecular complexity index is 921. The number of ether oxygens (including phenoxy) is 1. The van der Waals surface area contributed by atoms with Gasteiger partial charge in [-0.05, 0) is 47.3 Å². The molecule has 0 radical (unpaired) electrons. The normalized spacial score (nSPS) is 24.9. The van der Waals surface area contributed by atoms with Crippen molar-refractivity contribution in [3.8, 4) is 11.1 Å². The van der Waals surface area contributed by atoms with Crippen LogP contribution in [-0.4, -0.2) is 36.0 Å². The third kappa shape index (κ3) is 4.07. The summed E-state index contributed by atoms with van der Waals surface area (Å²) in [5, 5.41) is 0. The molecule has 2 aromatic carbocycles. The van der Waals surface area contributed by atoms with E-state index in [1.807, 2.05) is 53.4 Å². The first-order valence-electron chi connectivity index (χ1n) is 10.4. The van der Waals surface area contributed by atoms with Crippen LogP contribution in [0.2, 0.25) is 0 Å². The summed E-state index contributed by atoms with van der Waals surface area (Å²) in [4.78, 5) is 27.6. The summed E-state index contributed by atoms with van der Waals surface area (Å²) in [6.07, 6.45) is 3.19. The molecule has 1 saturated heterocycles. The highest BCUT2D eigenvalue weighted by atomic mass is 16.5. The fourth-order valence-electron chi connectivity index (χ4n) is 5.57. The summed E-state index contributed by atoms with van der Waals surface area (Å²) in [6, 6.07) is 17.4. The van der Waals surface area contributed by atoms with Crippen LogP contribution in [0.15, 0.2) is 54.6 Å². The van der Waals surface area contributed by atoms with Gasteiger partial charge in [0.15, 0.2) is 6.61 Å². The lowest BCUT2D eigenvalue weighted by Gasteiger charge is -2.39. The molecule has 152 valence electrons. The first-order valence-corrected chi connectivity index (χ1v) is 10.4. The summed E-state index contributed by atoms with van der Waals surface area (Å²) in [7, 11) is 0. The van der Waals surface area contributed by atoms with E-state index in [-0.39, 0.29) is 29.4 Å². The van der Waals surface area contributed by atoms with Crippen LogP contribution in [-0.2, 0) is 9.53 Å². The Morgan fingerprint density at radius 1 is 1.00 bits per heavy atom. The lowest BCUT2D eigenvalue weighted by molar-refractivity contribution is -0.135. The minimum Gasteiger partial charge on any atom is -0.452 e. The fourth-order valence-corrected chi connectivity index (χ4v) is 5.57. The smallest absolute Gasteiger partial charge is 0.339 e. The zero-order valence-corrected chi connectivity index (χ0v) is 17.5. The van der Waals surface area contributed by atoms with E-state index in [1.54, 1.807) is 6.07 Å². The zero-order chi connectivity index (χ0) is 20.6. The molecule has 2 aliphatic rings. The second-order valence-electron chi connectivity index (χ2n) is 9.72. The number of carbonyl (C=O) groups excluding carboxylic acids is 2. The molecule has 1 saturated carbocycles. The van der Waals surface area contributed by atoms with Crippen molar-refractivity contribution in [2.24, 2.45) is 10.8 Å². The molecule has 29 heavy (non-hydrogen) atoms. The summed E-state index contributed by atoms with van der Waals surface area (Å²) in [5.74, 6) is -0.534. The van der Waals surface area contributed by atoms with Crippen molar-refractivity contribution >= 4 is 11.9 Å². The minimum absolute atomic E-state index is 0.0815. The van der Waals surface area contributed by atoms with Crippen molar-refractivity contribution in [1.29, 1.82) is 0 Å². The molecule has 2 bridgehead atoms. The van der Waals surface area contributed by atoms with Gasteiger partial charge in [0, 0.05) is 12.6 Å². The molecule has 2 fully saturated rings. The van der Waals surface area contributed by atoms with Crippen LogP contribution in [0.4, 0.5) is 0 Å². The predicted octanol–water partition coefficient (Wildman–Crippen LogP) is 4.94. The van der Waals surface area contributed by atoms with Crippen molar-refractivity contribution in [3.63, 3.8) is 0 Å². The highest BCUT2D eigenvalue weighted by molar-refractivity contribution is 5.98. The number of hydrogen-bond donors (Lipinski definition) is 0. The minimum atomic E-state index is -0.452. The predicted molar refractivity (Wildman–Crippen MR) is 113 cm³/mol. The standard InChI is InChI=1S/C25H29NO3/c1-24(2)13-19-14-25(3,16-24)17-26(19)22(27)15-29-23(28)21-12-8-7-11-20(21)18-9-5-4-6-10-18/h4-12,19H,13-17H2,1-3H3/t19-,25-/m1/s1. The number of esters is 1. The number of benzene rings is 2. The van der Waals surface area contributed by atoms with Crippen LogP contribution < -0.4 is 0 Å². The molecular formula is C25H29NO3. The average molecular weight is 392 g/mol. The molecule has 4 nitrogen and oxygen atoms in total. The molecule has 4 rings (SSSR count). The van der Waals surface area contributed by atoms with E-state index < -0.39 is 5.97 Å². The van der Waals surface area contributed by atoms with Crippen molar-refractivity contribution < 1.29 is 14.3 Å². The lowest BCUT2D eigenvalue weighted by Crippen LogP contribution is -2.39. The number of carbonyl (C=O) groups is 2. The van der Waals surface area contributed by atoms with Crippen molar-refractivity contribution in [3.05, 3.63) is 60.2 Å². The third-order valence-electron chi connectivity index (χ3n) is 6.29. The molecule has 0 spiro atoms. The van der Waals surface area contributed by atoms with E-state index in [2.05, 4.69) is 20.8 Å². The van der Waals surface area contributed by atoms with E-state index in [9.17, 15) is 9.59 Å². The Kier molecular flexibility index (Phi) is 4.97. The highest BCUT2D eigenvalue weighted by Gasteiger charge is 2.50. The first-order chi connectivity index (χ1) is 13.8. The summed E-state index contributed by atoms with van der Waals surface area (Å²) in [5.41, 5.74) is 2.68. The van der Waals surface area contributed by atoms with Gasteiger partial charge >= 0.3 is 5.97 Å². The van der Waals surface area contributed by atoms with Gasteiger partial charge in [-0.2, -0.15) is 0 Å². The molecular weight excluding hydrogens is 362 g/mol. The van der Waals surface area contributed by atoms with Crippen molar-refractivity contribution in [2.75, 3.05) is 13.2 Å². The maximum absolute atomic E-state index is 12.9. The van der Waals surface area contributed by atoms with Gasteiger partial charge in [-0.25, -0.2) is 4.79 Å². The second kappa shape index (κ2) is 7.33. The molecule has 2 atom stereocenters. The van der Waals surface area contributed by atoms with Crippen LogP contribution in [0.1, 0.15) is 50.4 Å². The largest absolute Gasteiger partial charge is 0.452 e. The number of amides is 1. The van der Waals surface area contributed by atoms with Crippen LogP contribution in [0, 0.1) is 10.8 Å². The number of likely N-dealkylation sites (tertiary alicyclic amines) is 1. The van der Waals surface area contributed by atoms with Gasteiger partial charge in [-0.1, -0.05) is 69.3 Å². The summed E-state index contributed by atoms with van der Waals surface area (Å²) >= 11 is 0. The van der Waals surface area contributed by atoms with Crippen molar-refractivity contribution in [2.45, 2.75) is 46.1 Å². The van der Waals surface area contributed by atoms with Crippen molar-refractivity contribution in [1.82, 2.24) is 4.90 Å². The van der Waals surface area contributed by atoms with Crippen LogP contribution in [0.25, 0.3) is 11.1 Å². The molecule has 1 aliphatic heterocycles. The maximum Gasteiger partial charge on any atom is 0.339 e. The van der Waals surface area contributed by atoms with E-state index >= 15 is 0 Å². The third-order valence-corrected chi connectivity index (χ3v) is 6.29. The monoisotopic (exact) mass is 391 g/mol. The Balaban J connectivity index is 1.44. The van der Waals surface area contributed by atoms with Gasteiger partial charge < -0.3 is 9.64 Å². The fraction of sp³-hybridized carbons (Fsp3) is 0.440. The van der Waals surface area contributed by atoms with Crippen LogP contribution in [0.5, 0.6) is 0 Å². The number of nitrogens with zero attached hydrogens (tertiary/aromatic N) is 1. The molecule has 1 amide bonds. The lowest BCUT2D eigenvalue weighted by atomic mass is 9.65. The van der Waals surface area contributed by atoms with E-state index in [4.69, 9.17) is 4.74 Å². The molecule has 0 unspecified atom stereocenters. The topological polar surface area (TPSA) is 46.6 Å². The number of hydrogen-bond acceptors (Lipinski definition) is 3. The Morgan fingerprint density at radius 3 is 2.45 bits per heavy atom. The Labute approximate surface area is 172 Å². The maximum atomic E-state index is 12.9. The summed E-state index contributed by atoms with van der Waals surface area (Å²) < 4.78 is 5.47. The van der Waals surface area contributed by atoms with Gasteiger partial charge in [0.1, 0.15) is 0 Å². The second-order valence-corrected chi connectivity index (χ2v) is 9.72. The Hall–Kier alpha value is -2.62. The van der Waals surface area contributed by atoms with Gasteiger partial charge in [0.25, 0.3) is 5.91 Å². The molecule has 4 heteroatoms. The molecule has 0 N–H and O–H groups in total. The van der Waals surface area contributed by atoms with E-state index in [0.29, 0.717) is 5.56 Å². The zero-order valence-electron chi connectivity index (χ0n) is 17.5. The van der Waals surface area contributed by atoms with Crippen LogP contribution >= 0.6 is 0 Å². The number of fused-ring (bicyclic) bond motifs is 2.